The van der Waals surface area contributed by atoms with Gasteiger partial charge in [0.05, 0.1) is 12.0 Å². The molecule has 0 amide bonds. The van der Waals surface area contributed by atoms with E-state index in [-0.39, 0.29) is 29.6 Å². The summed E-state index contributed by atoms with van der Waals surface area (Å²) in [5.41, 5.74) is -0.267. The molecule has 1 saturated carbocycles. The third-order valence-electron chi connectivity index (χ3n) is 5.05. The molecule has 2 aliphatic carbocycles. The number of hydrogen-bond donors (Lipinski definition) is 1. The summed E-state index contributed by atoms with van der Waals surface area (Å²) in [6.45, 7) is 7.12. The third kappa shape index (κ3) is 2.91. The summed E-state index contributed by atoms with van der Waals surface area (Å²) < 4.78 is 5.24. The maximum absolute atomic E-state index is 11.2. The van der Waals surface area contributed by atoms with E-state index in [1.807, 2.05) is 26.8 Å². The van der Waals surface area contributed by atoms with Gasteiger partial charge in [-0.3, -0.25) is 4.79 Å². The molecule has 6 atom stereocenters. The largest absolute Gasteiger partial charge is 0.457 e. The van der Waals surface area contributed by atoms with E-state index < -0.39 is 11.7 Å². The van der Waals surface area contributed by atoms with Crippen molar-refractivity contribution in [3.05, 3.63) is 18.1 Å². The van der Waals surface area contributed by atoms with Crippen molar-refractivity contribution in [2.24, 2.45) is 23.7 Å². The minimum absolute atomic E-state index is 0.0278. The molecular formula is C17H24O4. The van der Waals surface area contributed by atoms with E-state index >= 15 is 0 Å². The van der Waals surface area contributed by atoms with Crippen LogP contribution in [-0.4, -0.2) is 29.1 Å². The number of rotatable bonds is 3. The summed E-state index contributed by atoms with van der Waals surface area (Å²) in [5, 5.41) is 11.1. The van der Waals surface area contributed by atoms with Crippen molar-refractivity contribution in [1.29, 1.82) is 0 Å². The second-order valence-electron chi connectivity index (χ2n) is 6.53. The molecular weight excluding hydrogens is 268 g/mol. The Morgan fingerprint density at radius 1 is 1.57 bits per heavy atom. The fourth-order valence-electron chi connectivity index (χ4n) is 3.66. The second-order valence-corrected chi connectivity index (χ2v) is 6.53. The lowest BCUT2D eigenvalue weighted by Crippen LogP contribution is -2.56. The SMILES string of the molecule is CC(=O)O[C@@H]1[C][C@@]2(O)[C@H](C)CC[C@@H]([C@H](C)C=O)[C@H]2C=C1C. The first kappa shape index (κ1) is 16.2. The van der Waals surface area contributed by atoms with Gasteiger partial charge < -0.3 is 14.6 Å². The second kappa shape index (κ2) is 5.91. The normalized spacial score (nSPS) is 40.7. The highest BCUT2D eigenvalue weighted by molar-refractivity contribution is 5.66. The molecule has 0 aromatic carbocycles. The molecule has 0 heterocycles. The molecule has 0 saturated heterocycles. The Labute approximate surface area is 126 Å². The van der Waals surface area contributed by atoms with Gasteiger partial charge in [-0.25, -0.2) is 0 Å². The topological polar surface area (TPSA) is 63.6 Å². The third-order valence-corrected chi connectivity index (χ3v) is 5.05. The van der Waals surface area contributed by atoms with Crippen LogP contribution in [0.5, 0.6) is 0 Å². The summed E-state index contributed by atoms with van der Waals surface area (Å²) in [7, 11) is 0. The zero-order chi connectivity index (χ0) is 15.8. The number of aldehydes is 1. The van der Waals surface area contributed by atoms with Crippen LogP contribution in [0.15, 0.2) is 11.6 Å². The Hall–Kier alpha value is -1.16. The monoisotopic (exact) mass is 292 g/mol. The van der Waals surface area contributed by atoms with Crippen LogP contribution in [0.1, 0.15) is 40.5 Å². The lowest BCUT2D eigenvalue weighted by atomic mass is 9.57. The van der Waals surface area contributed by atoms with E-state index in [2.05, 4.69) is 6.42 Å². The van der Waals surface area contributed by atoms with Crippen LogP contribution < -0.4 is 0 Å². The number of carbonyl (C=O) groups excluding carboxylic acids is 2. The predicted molar refractivity (Wildman–Crippen MR) is 78.1 cm³/mol. The molecule has 0 aliphatic heterocycles. The van der Waals surface area contributed by atoms with Crippen molar-refractivity contribution in [3.8, 4) is 0 Å². The van der Waals surface area contributed by atoms with E-state index in [9.17, 15) is 14.7 Å². The van der Waals surface area contributed by atoms with Gasteiger partial charge in [0.2, 0.25) is 0 Å². The fourth-order valence-corrected chi connectivity index (χ4v) is 3.66. The van der Waals surface area contributed by atoms with Crippen LogP contribution in [0.25, 0.3) is 0 Å². The molecule has 4 heteroatoms. The van der Waals surface area contributed by atoms with Gasteiger partial charge in [-0.05, 0) is 37.2 Å². The minimum Gasteiger partial charge on any atom is -0.457 e. The Morgan fingerprint density at radius 3 is 2.81 bits per heavy atom. The molecule has 0 bridgehead atoms. The molecule has 116 valence electrons. The number of fused-ring (bicyclic) bond motifs is 1. The van der Waals surface area contributed by atoms with Gasteiger partial charge in [0.15, 0.2) is 0 Å². The number of hydrogen-bond acceptors (Lipinski definition) is 4. The van der Waals surface area contributed by atoms with Crippen LogP contribution in [0.4, 0.5) is 0 Å². The molecule has 2 rings (SSSR count). The highest BCUT2D eigenvalue weighted by Crippen LogP contribution is 2.50. The molecule has 0 aromatic rings. The lowest BCUT2D eigenvalue weighted by Gasteiger charge is -2.51. The summed E-state index contributed by atoms with van der Waals surface area (Å²) in [6.07, 6.45) is 7.19. The summed E-state index contributed by atoms with van der Waals surface area (Å²) in [4.78, 5) is 22.4. The number of aliphatic hydroxyl groups is 1. The summed E-state index contributed by atoms with van der Waals surface area (Å²) >= 11 is 0. The van der Waals surface area contributed by atoms with Crippen LogP contribution in [0.3, 0.4) is 0 Å². The Kier molecular flexibility index (Phi) is 4.57. The van der Waals surface area contributed by atoms with Crippen molar-refractivity contribution < 1.29 is 19.4 Å². The number of carbonyl (C=O) groups is 2. The van der Waals surface area contributed by atoms with E-state index in [1.165, 1.54) is 6.92 Å². The zero-order valence-corrected chi connectivity index (χ0v) is 13.1. The van der Waals surface area contributed by atoms with Crippen molar-refractivity contribution in [2.45, 2.75) is 52.2 Å². The standard InChI is InChI=1S/C17H24O4/c1-10-7-15-14(11(2)9-18)6-5-12(3)17(15,20)8-16(10)21-13(4)19/h7,9,11-12,14-16,20H,5-6H2,1-4H3/t11-,12-,14+,15-,16-,17-/m1/s1. The highest BCUT2D eigenvalue weighted by atomic mass is 16.5. The average Bonchev–Trinajstić information content (AvgIpc) is 2.41. The molecule has 21 heavy (non-hydrogen) atoms. The first-order valence-electron chi connectivity index (χ1n) is 7.60. The summed E-state index contributed by atoms with van der Waals surface area (Å²) in [6, 6.07) is 0. The van der Waals surface area contributed by atoms with E-state index in [0.717, 1.165) is 24.7 Å². The molecule has 0 aromatic heterocycles. The van der Waals surface area contributed by atoms with Crippen LogP contribution in [0.2, 0.25) is 0 Å². The highest BCUT2D eigenvalue weighted by Gasteiger charge is 2.53. The first-order chi connectivity index (χ1) is 9.79. The van der Waals surface area contributed by atoms with Gasteiger partial charge in [-0.1, -0.05) is 19.9 Å². The molecule has 1 N–H and O–H groups in total. The Bertz CT molecular complexity index is 456. The van der Waals surface area contributed by atoms with Crippen molar-refractivity contribution in [1.82, 2.24) is 0 Å². The summed E-state index contributed by atoms with van der Waals surface area (Å²) in [5.74, 6) is -0.508. The Balaban J connectivity index is 2.35. The predicted octanol–water partition coefficient (Wildman–Crippen LogP) is 2.19. The minimum atomic E-state index is -1.14. The number of esters is 1. The molecule has 1 fully saturated rings. The van der Waals surface area contributed by atoms with Gasteiger partial charge in [0.1, 0.15) is 12.4 Å². The molecule has 2 radical (unpaired) electrons. The van der Waals surface area contributed by atoms with Crippen LogP contribution >= 0.6 is 0 Å². The first-order valence-corrected chi connectivity index (χ1v) is 7.60. The number of ether oxygens (including phenoxy) is 1. The van der Waals surface area contributed by atoms with Gasteiger partial charge in [-0.2, -0.15) is 0 Å². The Morgan fingerprint density at radius 2 is 2.24 bits per heavy atom. The van der Waals surface area contributed by atoms with Crippen molar-refractivity contribution in [3.63, 3.8) is 0 Å². The molecule has 0 spiro atoms. The van der Waals surface area contributed by atoms with Gasteiger partial charge in [0.25, 0.3) is 0 Å². The van der Waals surface area contributed by atoms with Crippen LogP contribution in [0, 0.1) is 30.1 Å². The zero-order valence-electron chi connectivity index (χ0n) is 13.1. The fraction of sp³-hybridized carbons (Fsp3) is 0.706. The maximum atomic E-state index is 11.2. The molecule has 4 nitrogen and oxygen atoms in total. The van der Waals surface area contributed by atoms with E-state index in [4.69, 9.17) is 4.74 Å². The smallest absolute Gasteiger partial charge is 0.303 e. The quantitative estimate of drug-likeness (QED) is 0.492. The molecule has 2 aliphatic rings. The molecule has 0 unspecified atom stereocenters. The van der Waals surface area contributed by atoms with E-state index in [0.29, 0.717) is 0 Å². The van der Waals surface area contributed by atoms with Gasteiger partial charge in [0, 0.05) is 18.8 Å². The average molecular weight is 292 g/mol. The van der Waals surface area contributed by atoms with E-state index in [1.54, 1.807) is 0 Å². The maximum Gasteiger partial charge on any atom is 0.303 e. The van der Waals surface area contributed by atoms with Crippen molar-refractivity contribution >= 4 is 12.3 Å². The van der Waals surface area contributed by atoms with Crippen molar-refractivity contribution in [2.75, 3.05) is 0 Å². The van der Waals surface area contributed by atoms with Gasteiger partial charge >= 0.3 is 5.97 Å². The van der Waals surface area contributed by atoms with Gasteiger partial charge in [-0.15, -0.1) is 0 Å². The van der Waals surface area contributed by atoms with Crippen LogP contribution in [-0.2, 0) is 14.3 Å². The lowest BCUT2D eigenvalue weighted by molar-refractivity contribution is -0.148.